The molecule has 0 bridgehead atoms. The first-order valence-electron chi connectivity index (χ1n) is 8.74. The Labute approximate surface area is 170 Å². The molecule has 2 amide bonds. The van der Waals surface area contributed by atoms with Crippen molar-refractivity contribution in [2.75, 3.05) is 13.2 Å². The zero-order chi connectivity index (χ0) is 21.5. The molecular weight excluding hydrogens is 396 g/mol. The van der Waals surface area contributed by atoms with E-state index in [4.69, 9.17) is 14.2 Å². The number of carbonyl (C=O) groups is 3. The fourth-order valence-electron chi connectivity index (χ4n) is 2.46. The van der Waals surface area contributed by atoms with E-state index in [1.807, 2.05) is 0 Å². The number of nitrogens with one attached hydrogen (secondary N) is 1. The topological polar surface area (TPSA) is 134 Å². The molecule has 1 aliphatic rings. The summed E-state index contributed by atoms with van der Waals surface area (Å²) < 4.78 is 15.6. The van der Waals surface area contributed by atoms with Crippen molar-refractivity contribution in [2.45, 2.75) is 6.10 Å². The number of carbonyl (C=O) groups excluding carboxylic acids is 3. The molecule has 1 N–H and O–H groups in total. The number of amides is 2. The Bertz CT molecular complexity index is 1000. The van der Waals surface area contributed by atoms with Gasteiger partial charge in [0.25, 0.3) is 17.5 Å². The van der Waals surface area contributed by atoms with Crippen molar-refractivity contribution < 1.29 is 33.5 Å². The van der Waals surface area contributed by atoms with Gasteiger partial charge in [0.1, 0.15) is 6.61 Å². The van der Waals surface area contributed by atoms with Crippen LogP contribution < -0.4 is 14.8 Å². The van der Waals surface area contributed by atoms with Crippen molar-refractivity contribution in [3.8, 4) is 11.5 Å². The first kappa shape index (κ1) is 20.5. The second kappa shape index (κ2) is 9.32. The third-order valence-corrected chi connectivity index (χ3v) is 3.92. The lowest BCUT2D eigenvalue weighted by molar-refractivity contribution is -0.384. The standard InChI is InChI=1S/C20H16N2O8/c23-18(21-20(25)17-11-28-15-3-1-2-4-16(15)30-17)12-29-19(24)10-7-13-5-8-14(9-6-13)22(26)27/h1-10,17H,11-12H2,(H,21,23,25)/b10-7+/t17-/m1/s1. The van der Waals surface area contributed by atoms with Crippen LogP contribution in [0.2, 0.25) is 0 Å². The van der Waals surface area contributed by atoms with Gasteiger partial charge in [0, 0.05) is 18.2 Å². The van der Waals surface area contributed by atoms with Crippen molar-refractivity contribution in [1.29, 1.82) is 0 Å². The van der Waals surface area contributed by atoms with Gasteiger partial charge < -0.3 is 14.2 Å². The van der Waals surface area contributed by atoms with Crippen molar-refractivity contribution in [2.24, 2.45) is 0 Å². The largest absolute Gasteiger partial charge is 0.485 e. The highest BCUT2D eigenvalue weighted by molar-refractivity contribution is 5.99. The van der Waals surface area contributed by atoms with Gasteiger partial charge in [0.2, 0.25) is 6.10 Å². The van der Waals surface area contributed by atoms with Crippen LogP contribution in [0.4, 0.5) is 5.69 Å². The number of esters is 1. The molecule has 3 rings (SSSR count). The van der Waals surface area contributed by atoms with E-state index in [0.717, 1.165) is 6.08 Å². The number of non-ortho nitro benzene ring substituents is 1. The van der Waals surface area contributed by atoms with Gasteiger partial charge in [0.15, 0.2) is 18.1 Å². The fraction of sp³-hybridized carbons (Fsp3) is 0.150. The second-order valence-electron chi connectivity index (χ2n) is 6.07. The number of ether oxygens (including phenoxy) is 3. The molecule has 0 fully saturated rings. The molecule has 2 aromatic carbocycles. The molecule has 0 aromatic heterocycles. The molecule has 0 saturated heterocycles. The number of nitrogens with zero attached hydrogens (tertiary/aromatic N) is 1. The van der Waals surface area contributed by atoms with Crippen molar-refractivity contribution in [1.82, 2.24) is 5.32 Å². The highest BCUT2D eigenvalue weighted by Crippen LogP contribution is 2.30. The predicted molar refractivity (Wildman–Crippen MR) is 103 cm³/mol. The van der Waals surface area contributed by atoms with Crippen LogP contribution in [-0.2, 0) is 19.1 Å². The smallest absolute Gasteiger partial charge is 0.331 e. The molecule has 0 unspecified atom stereocenters. The molecule has 30 heavy (non-hydrogen) atoms. The van der Waals surface area contributed by atoms with E-state index < -0.39 is 35.4 Å². The monoisotopic (exact) mass is 412 g/mol. The molecule has 0 radical (unpaired) electrons. The normalized spacial score (nSPS) is 14.7. The number of nitro benzene ring substituents is 1. The SMILES string of the molecule is O=C(COC(=O)/C=C/c1ccc([N+](=O)[O-])cc1)NC(=O)[C@H]1COc2ccccc2O1. The number of nitro groups is 1. The second-order valence-corrected chi connectivity index (χ2v) is 6.07. The summed E-state index contributed by atoms with van der Waals surface area (Å²) in [6.45, 7) is -0.729. The van der Waals surface area contributed by atoms with E-state index in [1.54, 1.807) is 24.3 Å². The number of imide groups is 1. The minimum atomic E-state index is -1.01. The van der Waals surface area contributed by atoms with Crippen molar-refractivity contribution >= 4 is 29.5 Å². The summed E-state index contributed by atoms with van der Waals surface area (Å²) in [5.41, 5.74) is 0.457. The Morgan fingerprint density at radius 3 is 2.53 bits per heavy atom. The molecule has 1 heterocycles. The highest BCUT2D eigenvalue weighted by atomic mass is 16.6. The van der Waals surface area contributed by atoms with Crippen LogP contribution >= 0.6 is 0 Å². The average Bonchev–Trinajstić information content (AvgIpc) is 2.76. The van der Waals surface area contributed by atoms with E-state index in [-0.39, 0.29) is 12.3 Å². The minimum absolute atomic E-state index is 0.0616. The molecule has 0 spiro atoms. The van der Waals surface area contributed by atoms with Gasteiger partial charge in [-0.25, -0.2) is 4.79 Å². The average molecular weight is 412 g/mol. The number of rotatable bonds is 6. The van der Waals surface area contributed by atoms with Crippen molar-refractivity contribution in [3.05, 3.63) is 70.3 Å². The Hall–Kier alpha value is -4.21. The molecule has 10 heteroatoms. The highest BCUT2D eigenvalue weighted by Gasteiger charge is 2.28. The zero-order valence-electron chi connectivity index (χ0n) is 15.5. The van der Waals surface area contributed by atoms with Crippen LogP contribution in [0.15, 0.2) is 54.6 Å². The van der Waals surface area contributed by atoms with E-state index in [1.165, 1.54) is 30.3 Å². The molecule has 0 aliphatic carbocycles. The Morgan fingerprint density at radius 2 is 1.83 bits per heavy atom. The van der Waals surface area contributed by atoms with E-state index in [9.17, 15) is 24.5 Å². The Balaban J connectivity index is 1.43. The maximum absolute atomic E-state index is 12.1. The maximum Gasteiger partial charge on any atom is 0.331 e. The molecular formula is C20H16N2O8. The molecule has 10 nitrogen and oxygen atoms in total. The lowest BCUT2D eigenvalue weighted by Gasteiger charge is -2.25. The van der Waals surface area contributed by atoms with Crippen LogP contribution in [0.25, 0.3) is 6.08 Å². The van der Waals surface area contributed by atoms with Gasteiger partial charge in [-0.15, -0.1) is 0 Å². The summed E-state index contributed by atoms with van der Waals surface area (Å²) >= 11 is 0. The van der Waals surface area contributed by atoms with Gasteiger partial charge in [-0.2, -0.15) is 0 Å². The van der Waals surface area contributed by atoms with Crippen LogP contribution in [0, 0.1) is 10.1 Å². The molecule has 2 aromatic rings. The third-order valence-electron chi connectivity index (χ3n) is 3.92. The van der Waals surface area contributed by atoms with Crippen molar-refractivity contribution in [3.63, 3.8) is 0 Å². The van der Waals surface area contributed by atoms with E-state index in [0.29, 0.717) is 17.1 Å². The van der Waals surface area contributed by atoms with Gasteiger partial charge >= 0.3 is 5.97 Å². The lowest BCUT2D eigenvalue weighted by Crippen LogP contribution is -2.47. The van der Waals surface area contributed by atoms with E-state index in [2.05, 4.69) is 5.32 Å². The first-order valence-corrected chi connectivity index (χ1v) is 8.74. The minimum Gasteiger partial charge on any atom is -0.485 e. The quantitative estimate of drug-likeness (QED) is 0.327. The fourth-order valence-corrected chi connectivity index (χ4v) is 2.46. The van der Waals surface area contributed by atoms with Gasteiger partial charge in [-0.05, 0) is 35.9 Å². The summed E-state index contributed by atoms with van der Waals surface area (Å²) in [6.07, 6.45) is 1.42. The van der Waals surface area contributed by atoms with Gasteiger partial charge in [-0.1, -0.05) is 12.1 Å². The third kappa shape index (κ3) is 5.41. The van der Waals surface area contributed by atoms with Crippen LogP contribution in [0.1, 0.15) is 5.56 Å². The molecule has 1 atom stereocenters. The number of fused-ring (bicyclic) bond motifs is 1. The van der Waals surface area contributed by atoms with Gasteiger partial charge in [-0.3, -0.25) is 25.0 Å². The number of benzene rings is 2. The maximum atomic E-state index is 12.1. The zero-order valence-corrected chi connectivity index (χ0v) is 15.5. The summed E-state index contributed by atoms with van der Waals surface area (Å²) in [7, 11) is 0. The number of hydrogen-bond acceptors (Lipinski definition) is 8. The Morgan fingerprint density at radius 1 is 1.13 bits per heavy atom. The Kier molecular flexibility index (Phi) is 6.38. The van der Waals surface area contributed by atoms with E-state index >= 15 is 0 Å². The van der Waals surface area contributed by atoms with Crippen LogP contribution in [-0.4, -0.2) is 42.0 Å². The number of hydrogen-bond donors (Lipinski definition) is 1. The molecule has 0 saturated carbocycles. The summed E-state index contributed by atoms with van der Waals surface area (Å²) in [4.78, 5) is 45.7. The number of para-hydroxylation sites is 2. The summed E-state index contributed by atoms with van der Waals surface area (Å²) in [5.74, 6) is -1.46. The van der Waals surface area contributed by atoms with Crippen LogP contribution in [0.5, 0.6) is 11.5 Å². The van der Waals surface area contributed by atoms with Crippen LogP contribution in [0.3, 0.4) is 0 Å². The lowest BCUT2D eigenvalue weighted by atomic mass is 10.2. The molecule has 154 valence electrons. The molecule has 1 aliphatic heterocycles. The van der Waals surface area contributed by atoms with Gasteiger partial charge in [0.05, 0.1) is 4.92 Å². The predicted octanol–water partition coefficient (Wildman–Crippen LogP) is 1.63. The first-order chi connectivity index (χ1) is 14.4. The summed E-state index contributed by atoms with van der Waals surface area (Å²) in [6, 6.07) is 12.3. The summed E-state index contributed by atoms with van der Waals surface area (Å²) in [5, 5.41) is 12.7.